The molecule has 0 saturated carbocycles. The molecule has 19 heavy (non-hydrogen) atoms. The molecule has 1 saturated heterocycles. The molecule has 1 fully saturated rings. The Bertz CT molecular complexity index is 496. The third kappa shape index (κ3) is 5.30. The quantitative estimate of drug-likeness (QED) is 0.555. The Balaban J connectivity index is 2.83. The number of methoxy groups -OCH3 is 1. The maximum Gasteiger partial charge on any atom is 0.264 e. The van der Waals surface area contributed by atoms with Crippen molar-refractivity contribution in [2.75, 3.05) is 26.2 Å². The van der Waals surface area contributed by atoms with Crippen LogP contribution in [0.1, 0.15) is 0 Å². The Hall–Kier alpha value is -0.300. The summed E-state index contributed by atoms with van der Waals surface area (Å²) in [5.74, 6) is 0. The molecule has 1 rings (SSSR count). The van der Waals surface area contributed by atoms with E-state index in [0.717, 1.165) is 12.5 Å². The van der Waals surface area contributed by atoms with Gasteiger partial charge in [-0.05, 0) is 0 Å². The summed E-state index contributed by atoms with van der Waals surface area (Å²) in [6.45, 7) is -0.490. The summed E-state index contributed by atoms with van der Waals surface area (Å²) in [6, 6.07) is 0. The van der Waals surface area contributed by atoms with Crippen molar-refractivity contribution in [2.45, 2.75) is 24.6 Å². The number of aliphatic hydroxyl groups is 1. The van der Waals surface area contributed by atoms with E-state index in [9.17, 15) is 21.9 Å². The van der Waals surface area contributed by atoms with Gasteiger partial charge in [0.05, 0.1) is 19.1 Å². The van der Waals surface area contributed by atoms with Gasteiger partial charge in [0.15, 0.2) is 6.29 Å². The Morgan fingerprint density at radius 2 is 1.68 bits per heavy atom. The van der Waals surface area contributed by atoms with Gasteiger partial charge >= 0.3 is 0 Å². The molecule has 0 unspecified atom stereocenters. The van der Waals surface area contributed by atoms with Crippen molar-refractivity contribution in [3.8, 4) is 0 Å². The van der Waals surface area contributed by atoms with Gasteiger partial charge in [0.1, 0.15) is 18.3 Å². The van der Waals surface area contributed by atoms with E-state index in [2.05, 4.69) is 4.18 Å². The van der Waals surface area contributed by atoms with Crippen LogP contribution >= 0.6 is 0 Å². The molecule has 9 nitrogen and oxygen atoms in total. The van der Waals surface area contributed by atoms with Gasteiger partial charge in [-0.2, -0.15) is 16.8 Å². The zero-order chi connectivity index (χ0) is 14.8. The predicted molar refractivity (Wildman–Crippen MR) is 62.2 cm³/mol. The van der Waals surface area contributed by atoms with Crippen LogP contribution < -0.4 is 0 Å². The SMILES string of the molecule is CO[C@H]1[C@H](OS(C)(=O)=O)[C@@H](COS(C)(=O)=O)O[C@@H]1O. The zero-order valence-electron chi connectivity index (χ0n) is 10.5. The normalized spacial score (nSPS) is 32.6. The van der Waals surface area contributed by atoms with E-state index >= 15 is 0 Å². The van der Waals surface area contributed by atoms with E-state index in [1.807, 2.05) is 0 Å². The van der Waals surface area contributed by atoms with E-state index in [1.54, 1.807) is 0 Å². The topological polar surface area (TPSA) is 125 Å². The molecule has 0 aliphatic carbocycles. The maximum atomic E-state index is 11.1. The van der Waals surface area contributed by atoms with E-state index in [1.165, 1.54) is 7.11 Å². The van der Waals surface area contributed by atoms with Crippen LogP contribution in [-0.4, -0.2) is 72.8 Å². The van der Waals surface area contributed by atoms with Crippen LogP contribution in [0.3, 0.4) is 0 Å². The van der Waals surface area contributed by atoms with Crippen molar-refractivity contribution < 1.29 is 39.8 Å². The summed E-state index contributed by atoms with van der Waals surface area (Å²) in [5.41, 5.74) is 0. The largest absolute Gasteiger partial charge is 0.373 e. The number of rotatable bonds is 6. The lowest BCUT2D eigenvalue weighted by atomic mass is 10.1. The maximum absolute atomic E-state index is 11.1. The summed E-state index contributed by atoms with van der Waals surface area (Å²) in [4.78, 5) is 0. The first-order chi connectivity index (χ1) is 8.53. The Labute approximate surface area is 111 Å². The molecule has 0 aromatic carbocycles. The monoisotopic (exact) mass is 320 g/mol. The molecule has 0 aromatic rings. The van der Waals surface area contributed by atoms with E-state index in [4.69, 9.17) is 13.7 Å². The molecular formula is C8H16O9S2. The second-order valence-electron chi connectivity index (χ2n) is 4.02. The molecule has 11 heteroatoms. The van der Waals surface area contributed by atoms with Crippen LogP contribution in [-0.2, 0) is 38.1 Å². The summed E-state index contributed by atoms with van der Waals surface area (Å²) < 4.78 is 63.1. The third-order valence-electron chi connectivity index (χ3n) is 2.29. The van der Waals surface area contributed by atoms with Crippen molar-refractivity contribution >= 4 is 20.2 Å². The molecule has 0 radical (unpaired) electrons. The lowest BCUT2D eigenvalue weighted by Gasteiger charge is -2.20. The first kappa shape index (κ1) is 16.8. The average Bonchev–Trinajstić information content (AvgIpc) is 2.48. The standard InChI is InChI=1S/C8H16O9S2/c1-14-7-6(17-19(3,12)13)5(16-8(7)9)4-15-18(2,10)11/h5-9H,4H2,1-3H3/t5-,6-,7+,8+/m1/s1. The molecule has 4 atom stereocenters. The fourth-order valence-electron chi connectivity index (χ4n) is 1.60. The smallest absolute Gasteiger partial charge is 0.264 e. The average molecular weight is 320 g/mol. The molecule has 0 bridgehead atoms. The van der Waals surface area contributed by atoms with Crippen LogP contribution in [0.4, 0.5) is 0 Å². The first-order valence-electron chi connectivity index (χ1n) is 5.12. The molecule has 0 amide bonds. The van der Waals surface area contributed by atoms with Gasteiger partial charge in [0, 0.05) is 7.11 Å². The minimum absolute atomic E-state index is 0.490. The van der Waals surface area contributed by atoms with Crippen molar-refractivity contribution in [1.29, 1.82) is 0 Å². The van der Waals surface area contributed by atoms with Crippen molar-refractivity contribution in [2.24, 2.45) is 0 Å². The molecule has 1 heterocycles. The fraction of sp³-hybridized carbons (Fsp3) is 1.00. The van der Waals surface area contributed by atoms with Crippen LogP contribution in [0.25, 0.3) is 0 Å². The highest BCUT2D eigenvalue weighted by atomic mass is 32.2. The molecule has 114 valence electrons. The van der Waals surface area contributed by atoms with Gasteiger partial charge in [-0.1, -0.05) is 0 Å². The predicted octanol–water partition coefficient (Wildman–Crippen LogP) is -1.96. The van der Waals surface area contributed by atoms with Crippen LogP contribution in [0.5, 0.6) is 0 Å². The van der Waals surface area contributed by atoms with Crippen LogP contribution in [0, 0.1) is 0 Å². The third-order valence-corrected chi connectivity index (χ3v) is 3.43. The minimum atomic E-state index is -3.84. The first-order valence-corrected chi connectivity index (χ1v) is 8.76. The van der Waals surface area contributed by atoms with Crippen LogP contribution in [0.15, 0.2) is 0 Å². The summed E-state index contributed by atoms with van der Waals surface area (Å²) in [7, 11) is -6.33. The van der Waals surface area contributed by atoms with Gasteiger partial charge in [0.25, 0.3) is 20.2 Å². The van der Waals surface area contributed by atoms with Gasteiger partial charge in [-0.15, -0.1) is 0 Å². The number of hydrogen-bond donors (Lipinski definition) is 1. The number of aliphatic hydroxyl groups excluding tert-OH is 1. The molecule has 0 aromatic heterocycles. The molecule has 0 spiro atoms. The molecule has 1 aliphatic heterocycles. The summed E-state index contributed by atoms with van der Waals surface area (Å²) in [6.07, 6.45) is -3.15. The number of hydrogen-bond acceptors (Lipinski definition) is 9. The van der Waals surface area contributed by atoms with Crippen molar-refractivity contribution in [1.82, 2.24) is 0 Å². The molecule has 1 N–H and O–H groups in total. The van der Waals surface area contributed by atoms with E-state index < -0.39 is 51.4 Å². The van der Waals surface area contributed by atoms with Crippen LogP contribution in [0.2, 0.25) is 0 Å². The Morgan fingerprint density at radius 3 is 2.11 bits per heavy atom. The lowest BCUT2D eigenvalue weighted by molar-refractivity contribution is -0.138. The van der Waals surface area contributed by atoms with Gasteiger partial charge in [-0.25, -0.2) is 0 Å². The highest BCUT2D eigenvalue weighted by Gasteiger charge is 2.47. The van der Waals surface area contributed by atoms with E-state index in [0.29, 0.717) is 0 Å². The fourth-order valence-corrected chi connectivity index (χ4v) is 2.62. The summed E-state index contributed by atoms with van der Waals surface area (Å²) >= 11 is 0. The minimum Gasteiger partial charge on any atom is -0.373 e. The Kier molecular flexibility index (Phi) is 5.28. The Morgan fingerprint density at radius 1 is 1.11 bits per heavy atom. The van der Waals surface area contributed by atoms with Gasteiger partial charge < -0.3 is 14.6 Å². The van der Waals surface area contributed by atoms with Gasteiger partial charge in [0.2, 0.25) is 0 Å². The molecular weight excluding hydrogens is 304 g/mol. The second-order valence-corrected chi connectivity index (χ2v) is 7.26. The highest BCUT2D eigenvalue weighted by molar-refractivity contribution is 7.86. The number of ether oxygens (including phenoxy) is 2. The van der Waals surface area contributed by atoms with Crippen molar-refractivity contribution in [3.63, 3.8) is 0 Å². The highest BCUT2D eigenvalue weighted by Crippen LogP contribution is 2.26. The molecule has 1 aliphatic rings. The lowest BCUT2D eigenvalue weighted by Crippen LogP contribution is -2.40. The van der Waals surface area contributed by atoms with Crippen molar-refractivity contribution in [3.05, 3.63) is 0 Å². The van der Waals surface area contributed by atoms with E-state index in [-0.39, 0.29) is 0 Å². The summed E-state index contributed by atoms with van der Waals surface area (Å²) in [5, 5.41) is 9.53. The second kappa shape index (κ2) is 5.99. The zero-order valence-corrected chi connectivity index (χ0v) is 12.2. The van der Waals surface area contributed by atoms with Gasteiger partial charge in [-0.3, -0.25) is 8.37 Å².